The van der Waals surface area contributed by atoms with Crippen molar-refractivity contribution >= 4 is 50.0 Å². The Labute approximate surface area is 223 Å². The highest BCUT2D eigenvalue weighted by Gasteiger charge is 2.39. The molecule has 1 aliphatic rings. The Kier molecular flexibility index (Phi) is 6.84. The van der Waals surface area contributed by atoms with Crippen molar-refractivity contribution in [3.63, 3.8) is 0 Å². The number of para-hydroxylation sites is 1. The van der Waals surface area contributed by atoms with Crippen molar-refractivity contribution in [2.45, 2.75) is 37.3 Å². The molecule has 3 heterocycles. The summed E-state index contributed by atoms with van der Waals surface area (Å²) in [5.41, 5.74) is 8.04. The van der Waals surface area contributed by atoms with Crippen molar-refractivity contribution in [2.75, 3.05) is 6.54 Å². The van der Waals surface area contributed by atoms with Crippen LogP contribution in [-0.2, 0) is 21.4 Å². The first-order valence-corrected chi connectivity index (χ1v) is 13.7. The van der Waals surface area contributed by atoms with E-state index in [2.05, 4.69) is 9.97 Å². The number of aryl methyl sites for hydroxylation is 1. The molecule has 0 radical (unpaired) electrons. The van der Waals surface area contributed by atoms with Crippen molar-refractivity contribution in [1.29, 1.82) is 0 Å². The Morgan fingerprint density at radius 2 is 2.05 bits per heavy atom. The molecule has 37 heavy (non-hydrogen) atoms. The fraction of sp³-hybridized carbons (Fsp3) is 0.240. The summed E-state index contributed by atoms with van der Waals surface area (Å²) in [5.74, 6) is -0.208. The number of carbonyl (C=O) groups excluding carboxylic acids is 1. The van der Waals surface area contributed by atoms with Crippen LogP contribution in [0.4, 0.5) is 0 Å². The molecule has 0 aliphatic carbocycles. The summed E-state index contributed by atoms with van der Waals surface area (Å²) in [6.07, 6.45) is 6.14. The van der Waals surface area contributed by atoms with E-state index in [1.807, 2.05) is 35.9 Å². The van der Waals surface area contributed by atoms with Crippen LogP contribution in [0.3, 0.4) is 0 Å². The van der Waals surface area contributed by atoms with Gasteiger partial charge in [-0.05, 0) is 44.0 Å². The number of nitrogens with zero attached hydrogens (tertiary/aromatic N) is 4. The van der Waals surface area contributed by atoms with Gasteiger partial charge in [0, 0.05) is 40.6 Å². The summed E-state index contributed by atoms with van der Waals surface area (Å²) in [5, 5.41) is 1.03. The summed E-state index contributed by atoms with van der Waals surface area (Å²) in [4.78, 5) is 20.5. The van der Waals surface area contributed by atoms with E-state index in [9.17, 15) is 13.2 Å². The smallest absolute Gasteiger partial charge is 0.245 e. The summed E-state index contributed by atoms with van der Waals surface area (Å²) in [7, 11) is -4.09. The molecule has 2 N–H and O–H groups in total. The number of primary amides is 1. The molecule has 0 spiro atoms. The van der Waals surface area contributed by atoms with E-state index in [1.54, 1.807) is 18.6 Å². The van der Waals surface area contributed by atoms with E-state index < -0.39 is 22.0 Å². The lowest BCUT2D eigenvalue weighted by Crippen LogP contribution is -2.43. The van der Waals surface area contributed by atoms with Gasteiger partial charge in [0.05, 0.1) is 17.0 Å². The van der Waals surface area contributed by atoms with Crippen LogP contribution in [0.25, 0.3) is 16.6 Å². The number of aromatic nitrogens is 3. The van der Waals surface area contributed by atoms with E-state index >= 15 is 0 Å². The third-order valence-electron chi connectivity index (χ3n) is 6.33. The van der Waals surface area contributed by atoms with Crippen LogP contribution in [0.15, 0.2) is 60.0 Å². The first kappa shape index (κ1) is 25.5. The van der Waals surface area contributed by atoms with E-state index in [0.717, 1.165) is 21.1 Å². The second kappa shape index (κ2) is 9.94. The van der Waals surface area contributed by atoms with E-state index in [1.165, 1.54) is 12.1 Å². The Morgan fingerprint density at radius 3 is 2.78 bits per heavy atom. The topological polar surface area (TPSA) is 120 Å². The Morgan fingerprint density at radius 1 is 1.24 bits per heavy atom. The van der Waals surface area contributed by atoms with Gasteiger partial charge in [0.2, 0.25) is 15.9 Å². The molecule has 0 bridgehead atoms. The van der Waals surface area contributed by atoms with Crippen LogP contribution in [0.1, 0.15) is 24.1 Å². The zero-order valence-electron chi connectivity index (χ0n) is 19.8. The van der Waals surface area contributed by atoms with Gasteiger partial charge in [0.15, 0.2) is 0 Å². The van der Waals surface area contributed by atoms with Crippen molar-refractivity contribution < 1.29 is 17.9 Å². The molecule has 0 saturated carbocycles. The highest BCUT2D eigenvalue weighted by Crippen LogP contribution is 2.37. The lowest BCUT2D eigenvalue weighted by molar-refractivity contribution is -0.121. The third kappa shape index (κ3) is 4.66. The molecule has 2 aromatic carbocycles. The number of imidazole rings is 1. The SMILES string of the molecule is Cc1cc(-n2ccnc2)c2cccc(OCc3c(Cl)ccc(S(=O)(=O)N4CCC[C@H]4C(N)=O)c3Cl)c2n1. The van der Waals surface area contributed by atoms with Crippen molar-refractivity contribution in [3.05, 3.63) is 76.4 Å². The number of benzene rings is 2. The number of halogens is 2. The van der Waals surface area contributed by atoms with Crippen molar-refractivity contribution in [2.24, 2.45) is 5.73 Å². The molecular formula is C25H23Cl2N5O4S. The second-order valence-corrected chi connectivity index (χ2v) is 11.4. The number of fused-ring (bicyclic) bond motifs is 1. The van der Waals surface area contributed by atoms with E-state index in [0.29, 0.717) is 29.7 Å². The lowest BCUT2D eigenvalue weighted by atomic mass is 10.1. The Balaban J connectivity index is 1.50. The Hall–Kier alpha value is -3.18. The van der Waals surface area contributed by atoms with E-state index in [4.69, 9.17) is 33.7 Å². The number of pyridine rings is 1. The molecule has 1 aliphatic heterocycles. The summed E-state index contributed by atoms with van der Waals surface area (Å²) in [6, 6.07) is 9.38. The van der Waals surface area contributed by atoms with Crippen LogP contribution < -0.4 is 10.5 Å². The Bertz CT molecular complexity index is 1610. The van der Waals surface area contributed by atoms with Crippen LogP contribution in [0, 0.1) is 6.92 Å². The molecular weight excluding hydrogens is 537 g/mol. The molecule has 9 nitrogen and oxygen atoms in total. The fourth-order valence-corrected chi connectivity index (χ4v) is 7.08. The molecule has 192 valence electrons. The van der Waals surface area contributed by atoms with Gasteiger partial charge < -0.3 is 15.0 Å². The number of hydrogen-bond acceptors (Lipinski definition) is 6. The normalized spacial score (nSPS) is 16.4. The van der Waals surface area contributed by atoms with Crippen LogP contribution >= 0.6 is 23.2 Å². The van der Waals surface area contributed by atoms with Gasteiger partial charge in [-0.25, -0.2) is 18.4 Å². The number of amides is 1. The van der Waals surface area contributed by atoms with Crippen molar-refractivity contribution in [1.82, 2.24) is 18.8 Å². The fourth-order valence-electron chi connectivity index (χ4n) is 4.56. The van der Waals surface area contributed by atoms with Crippen LogP contribution in [0.2, 0.25) is 10.0 Å². The summed E-state index contributed by atoms with van der Waals surface area (Å²) in [6.45, 7) is 1.97. The minimum Gasteiger partial charge on any atom is -0.487 e. The maximum absolute atomic E-state index is 13.4. The average molecular weight is 560 g/mol. The zero-order valence-corrected chi connectivity index (χ0v) is 22.1. The second-order valence-electron chi connectivity index (χ2n) is 8.71. The maximum Gasteiger partial charge on any atom is 0.245 e. The number of rotatable bonds is 7. The molecule has 1 amide bonds. The average Bonchev–Trinajstić information content (AvgIpc) is 3.56. The number of ether oxygens (including phenoxy) is 1. The quantitative estimate of drug-likeness (QED) is 0.361. The van der Waals surface area contributed by atoms with Crippen molar-refractivity contribution in [3.8, 4) is 11.4 Å². The van der Waals surface area contributed by atoms with Gasteiger partial charge in [-0.1, -0.05) is 35.3 Å². The van der Waals surface area contributed by atoms with Gasteiger partial charge >= 0.3 is 0 Å². The molecule has 1 atom stereocenters. The molecule has 1 saturated heterocycles. The zero-order chi connectivity index (χ0) is 26.3. The first-order valence-electron chi connectivity index (χ1n) is 11.5. The maximum atomic E-state index is 13.4. The van der Waals surface area contributed by atoms with Gasteiger partial charge in [-0.15, -0.1) is 0 Å². The monoisotopic (exact) mass is 559 g/mol. The van der Waals surface area contributed by atoms with Gasteiger partial charge in [-0.2, -0.15) is 4.31 Å². The minimum atomic E-state index is -4.09. The molecule has 4 aromatic rings. The van der Waals surface area contributed by atoms with Gasteiger partial charge in [0.25, 0.3) is 0 Å². The van der Waals surface area contributed by atoms with E-state index in [-0.39, 0.29) is 28.1 Å². The highest BCUT2D eigenvalue weighted by atomic mass is 35.5. The molecule has 5 rings (SSSR count). The molecule has 2 aromatic heterocycles. The minimum absolute atomic E-state index is 0.0638. The van der Waals surface area contributed by atoms with Gasteiger partial charge in [0.1, 0.15) is 28.8 Å². The van der Waals surface area contributed by atoms with Gasteiger partial charge in [-0.3, -0.25) is 4.79 Å². The number of sulfonamides is 1. The third-order valence-corrected chi connectivity index (χ3v) is 9.18. The molecule has 12 heteroatoms. The molecule has 1 fully saturated rings. The summed E-state index contributed by atoms with van der Waals surface area (Å²) < 4.78 is 35.9. The summed E-state index contributed by atoms with van der Waals surface area (Å²) >= 11 is 13.0. The number of nitrogens with two attached hydrogens (primary N) is 1. The standard InChI is InChI=1S/C25H23Cl2N5O4S/c1-15-12-20(31-11-9-29-14-31)16-4-2-6-21(24(16)30-15)36-13-17-18(26)7-8-22(23(17)27)37(34,35)32-10-3-5-19(32)25(28)33/h2,4,6-9,11-12,14,19H,3,5,10,13H2,1H3,(H2,28,33)/t19-/m0/s1. The van der Waals surface area contributed by atoms with Crippen LogP contribution in [-0.4, -0.2) is 45.8 Å². The number of hydrogen-bond donors (Lipinski definition) is 1. The highest BCUT2D eigenvalue weighted by molar-refractivity contribution is 7.89. The predicted molar refractivity (Wildman–Crippen MR) is 141 cm³/mol. The largest absolute Gasteiger partial charge is 0.487 e. The lowest BCUT2D eigenvalue weighted by Gasteiger charge is -2.23. The number of carbonyl (C=O) groups is 1. The first-order chi connectivity index (χ1) is 17.7. The van der Waals surface area contributed by atoms with Crippen LogP contribution in [0.5, 0.6) is 5.75 Å². The predicted octanol–water partition coefficient (Wildman–Crippen LogP) is 4.25. The molecule has 0 unspecified atom stereocenters.